The molecule has 7 N–H and O–H groups in total. The van der Waals surface area contributed by atoms with Gasteiger partial charge in [-0.2, -0.15) is 9.97 Å². The summed E-state index contributed by atoms with van der Waals surface area (Å²) in [4.78, 5) is 26.5. The molecule has 0 aliphatic heterocycles. The molecular weight excluding hydrogens is 544 g/mol. The molecule has 0 spiro atoms. The highest BCUT2D eigenvalue weighted by Gasteiger charge is 2.43. The molecule has 2 saturated carbocycles. The number of carbonyl (C=O) groups is 1. The van der Waals surface area contributed by atoms with E-state index in [4.69, 9.17) is 15.7 Å². The number of benzene rings is 2. The minimum absolute atomic E-state index is 0.0634. The van der Waals surface area contributed by atoms with Gasteiger partial charge < -0.3 is 36.5 Å². The average molecular weight is 585 g/mol. The van der Waals surface area contributed by atoms with Crippen molar-refractivity contribution in [2.24, 2.45) is 5.73 Å². The third kappa shape index (κ3) is 6.20. The molecule has 4 aromatic rings. The van der Waals surface area contributed by atoms with Gasteiger partial charge in [0.05, 0.1) is 18.4 Å². The molecule has 2 aromatic carbocycles. The van der Waals surface area contributed by atoms with Crippen LogP contribution < -0.4 is 21.7 Å². The fourth-order valence-electron chi connectivity index (χ4n) is 6.41. The highest BCUT2D eigenvalue weighted by Crippen LogP contribution is 2.35. The van der Waals surface area contributed by atoms with Gasteiger partial charge in [0.15, 0.2) is 17.0 Å². The lowest BCUT2D eigenvalue weighted by Crippen LogP contribution is -2.42. The maximum Gasteiger partial charge on any atom is 0.227 e. The van der Waals surface area contributed by atoms with Crippen molar-refractivity contribution in [1.29, 1.82) is 0 Å². The van der Waals surface area contributed by atoms with Crippen molar-refractivity contribution in [3.05, 3.63) is 78.1 Å². The normalized spacial score (nSPS) is 25.3. The fourth-order valence-corrected chi connectivity index (χ4v) is 6.41. The standard InChI is InChI=1S/C32H40N8O3/c1-2-26(41)37-24-16-25(29(43)28(24)42)40-18-35-27-30(38-32(39-31(27)40)36-22-14-13-21(33)15-22)34-17-23(19-9-5-3-6-10-19)20-11-7-4-8-12-20/h3-12,18,21-25,28-29,42-43H,2,13-17,33H2,1H3,(H,37,41)(H2,34,36,38,39)/t21-,22-,24+,25?,28-,29+/m1/s1. The summed E-state index contributed by atoms with van der Waals surface area (Å²) in [6.45, 7) is 2.32. The van der Waals surface area contributed by atoms with Crippen LogP contribution >= 0.6 is 0 Å². The Morgan fingerprint density at radius 3 is 2.33 bits per heavy atom. The van der Waals surface area contributed by atoms with E-state index in [0.29, 0.717) is 42.3 Å². The second-order valence-electron chi connectivity index (χ2n) is 11.7. The van der Waals surface area contributed by atoms with Gasteiger partial charge in [0.1, 0.15) is 12.2 Å². The van der Waals surface area contributed by atoms with E-state index < -0.39 is 24.3 Å². The number of aliphatic hydroxyl groups is 2. The molecule has 11 heteroatoms. The molecule has 1 unspecified atom stereocenters. The van der Waals surface area contributed by atoms with Crippen molar-refractivity contribution in [2.45, 2.75) is 81.3 Å². The van der Waals surface area contributed by atoms with Crippen LogP contribution in [0.25, 0.3) is 11.2 Å². The van der Waals surface area contributed by atoms with Crippen molar-refractivity contribution in [1.82, 2.24) is 24.8 Å². The van der Waals surface area contributed by atoms with Crippen LogP contribution in [0, 0.1) is 0 Å². The smallest absolute Gasteiger partial charge is 0.227 e. The summed E-state index contributed by atoms with van der Waals surface area (Å²) in [6.07, 6.45) is 2.78. The minimum Gasteiger partial charge on any atom is -0.388 e. The van der Waals surface area contributed by atoms with Gasteiger partial charge in [0, 0.05) is 31.0 Å². The van der Waals surface area contributed by atoms with Gasteiger partial charge in [0.25, 0.3) is 0 Å². The molecule has 6 atom stereocenters. The van der Waals surface area contributed by atoms with E-state index in [9.17, 15) is 15.0 Å². The lowest BCUT2D eigenvalue weighted by molar-refractivity contribution is -0.122. The third-order valence-corrected chi connectivity index (χ3v) is 8.78. The lowest BCUT2D eigenvalue weighted by atomic mass is 9.91. The van der Waals surface area contributed by atoms with E-state index in [1.807, 2.05) is 36.4 Å². The van der Waals surface area contributed by atoms with Crippen molar-refractivity contribution in [3.63, 3.8) is 0 Å². The number of fused-ring (bicyclic) bond motifs is 1. The Morgan fingerprint density at radius 1 is 1.00 bits per heavy atom. The Morgan fingerprint density at radius 2 is 1.70 bits per heavy atom. The maximum absolute atomic E-state index is 12.1. The molecule has 6 rings (SSSR count). The quantitative estimate of drug-likeness (QED) is 0.164. The summed E-state index contributed by atoms with van der Waals surface area (Å²) < 4.78 is 1.80. The van der Waals surface area contributed by atoms with Crippen LogP contribution in [0.4, 0.5) is 11.8 Å². The summed E-state index contributed by atoms with van der Waals surface area (Å²) in [7, 11) is 0. The van der Waals surface area contributed by atoms with Crippen LogP contribution in [0.2, 0.25) is 0 Å². The highest BCUT2D eigenvalue weighted by atomic mass is 16.3. The van der Waals surface area contributed by atoms with Gasteiger partial charge in [-0.25, -0.2) is 4.98 Å². The number of hydrogen-bond donors (Lipinski definition) is 6. The van der Waals surface area contributed by atoms with E-state index in [1.165, 1.54) is 11.1 Å². The number of nitrogens with two attached hydrogens (primary N) is 1. The van der Waals surface area contributed by atoms with Crippen molar-refractivity contribution < 1.29 is 15.0 Å². The molecule has 43 heavy (non-hydrogen) atoms. The van der Waals surface area contributed by atoms with E-state index in [2.05, 4.69) is 45.2 Å². The fraction of sp³-hybridized carbons (Fsp3) is 0.438. The second-order valence-corrected chi connectivity index (χ2v) is 11.7. The Bertz CT molecular complexity index is 1490. The first kappa shape index (κ1) is 29.0. The number of nitrogens with one attached hydrogen (secondary N) is 3. The Balaban J connectivity index is 1.34. The number of hydrogen-bond acceptors (Lipinski definition) is 9. The largest absolute Gasteiger partial charge is 0.388 e. The number of anilines is 2. The first-order chi connectivity index (χ1) is 20.9. The number of rotatable bonds is 10. The summed E-state index contributed by atoms with van der Waals surface area (Å²) in [5, 5.41) is 31.7. The monoisotopic (exact) mass is 584 g/mol. The van der Waals surface area contributed by atoms with Gasteiger partial charge in [-0.1, -0.05) is 67.6 Å². The van der Waals surface area contributed by atoms with Gasteiger partial charge in [-0.05, 0) is 36.8 Å². The first-order valence-corrected chi connectivity index (χ1v) is 15.2. The lowest BCUT2D eigenvalue weighted by Gasteiger charge is -2.21. The number of aromatic nitrogens is 4. The Hall–Kier alpha value is -4.06. The van der Waals surface area contributed by atoms with E-state index in [1.54, 1.807) is 17.8 Å². The van der Waals surface area contributed by atoms with Crippen LogP contribution in [0.15, 0.2) is 67.0 Å². The number of nitrogens with zero attached hydrogens (tertiary/aromatic N) is 4. The number of aliphatic hydroxyl groups excluding tert-OH is 2. The number of carbonyl (C=O) groups excluding carboxylic acids is 1. The summed E-state index contributed by atoms with van der Waals surface area (Å²) in [5.74, 6) is 0.923. The topological polar surface area (TPSA) is 163 Å². The molecule has 1 amide bonds. The predicted octanol–water partition coefficient (Wildman–Crippen LogP) is 2.92. The zero-order valence-electron chi connectivity index (χ0n) is 24.3. The van der Waals surface area contributed by atoms with Crippen molar-refractivity contribution >= 4 is 28.8 Å². The van der Waals surface area contributed by atoms with E-state index in [-0.39, 0.29) is 23.9 Å². The molecule has 0 saturated heterocycles. The van der Waals surface area contributed by atoms with Crippen LogP contribution in [0.1, 0.15) is 62.1 Å². The molecule has 2 heterocycles. The number of amides is 1. The predicted molar refractivity (Wildman–Crippen MR) is 166 cm³/mol. The molecule has 0 bridgehead atoms. The second kappa shape index (κ2) is 12.7. The average Bonchev–Trinajstić information content (AvgIpc) is 3.71. The van der Waals surface area contributed by atoms with Crippen molar-refractivity contribution in [3.8, 4) is 0 Å². The Kier molecular flexibility index (Phi) is 8.55. The first-order valence-electron chi connectivity index (χ1n) is 15.2. The summed E-state index contributed by atoms with van der Waals surface area (Å²) in [6, 6.07) is 19.9. The summed E-state index contributed by atoms with van der Waals surface area (Å²) >= 11 is 0. The van der Waals surface area contributed by atoms with Crippen LogP contribution in [0.5, 0.6) is 0 Å². The molecule has 2 aromatic heterocycles. The molecule has 2 fully saturated rings. The molecule has 11 nitrogen and oxygen atoms in total. The van der Waals surface area contributed by atoms with Crippen LogP contribution in [-0.4, -0.2) is 72.5 Å². The molecule has 226 valence electrons. The van der Waals surface area contributed by atoms with Gasteiger partial charge in [-0.15, -0.1) is 0 Å². The zero-order valence-corrected chi connectivity index (χ0v) is 24.3. The van der Waals surface area contributed by atoms with Crippen LogP contribution in [-0.2, 0) is 4.79 Å². The summed E-state index contributed by atoms with van der Waals surface area (Å²) in [5.41, 5.74) is 9.64. The van der Waals surface area contributed by atoms with E-state index in [0.717, 1.165) is 19.3 Å². The van der Waals surface area contributed by atoms with Gasteiger partial charge in [-0.3, -0.25) is 4.79 Å². The molecular formula is C32H40N8O3. The molecule has 0 radical (unpaired) electrons. The Labute approximate surface area is 251 Å². The van der Waals surface area contributed by atoms with E-state index >= 15 is 0 Å². The zero-order chi connectivity index (χ0) is 29.9. The minimum atomic E-state index is -1.10. The SMILES string of the molecule is CCC(=O)N[C@H]1CC(n2cnc3c(NCC(c4ccccc4)c4ccccc4)nc(N[C@@H]4CC[C@@H](N)C4)nc32)[C@H](O)[C@@H]1O. The van der Waals surface area contributed by atoms with Crippen molar-refractivity contribution in [2.75, 3.05) is 17.2 Å². The number of imidazole rings is 1. The highest BCUT2D eigenvalue weighted by molar-refractivity contribution is 5.84. The van der Waals surface area contributed by atoms with Gasteiger partial charge in [0.2, 0.25) is 11.9 Å². The molecule has 2 aliphatic carbocycles. The third-order valence-electron chi connectivity index (χ3n) is 8.78. The van der Waals surface area contributed by atoms with Crippen LogP contribution in [0.3, 0.4) is 0 Å². The maximum atomic E-state index is 12.1. The van der Waals surface area contributed by atoms with Gasteiger partial charge >= 0.3 is 0 Å². The molecule has 2 aliphatic rings.